The molecule has 1 aromatic carbocycles. The summed E-state index contributed by atoms with van der Waals surface area (Å²) in [6.07, 6.45) is 2.14. The summed E-state index contributed by atoms with van der Waals surface area (Å²) in [5, 5.41) is 11.0. The minimum atomic E-state index is 0.155. The number of rotatable bonds is 4. The van der Waals surface area contributed by atoms with Gasteiger partial charge in [0.05, 0.1) is 6.61 Å². The van der Waals surface area contributed by atoms with Crippen LogP contribution in [-0.4, -0.2) is 5.11 Å². The van der Waals surface area contributed by atoms with Crippen molar-refractivity contribution in [3.63, 3.8) is 0 Å². The Kier molecular flexibility index (Phi) is 3.54. The van der Waals surface area contributed by atoms with Gasteiger partial charge in [0.2, 0.25) is 0 Å². The van der Waals surface area contributed by atoms with Gasteiger partial charge in [-0.1, -0.05) is 30.3 Å². The number of aliphatic hydroxyl groups is 1. The topological polar surface area (TPSA) is 20.2 Å². The number of hydrogen-bond acceptors (Lipinski definition) is 2. The molecule has 0 amide bonds. The fourth-order valence-corrected chi connectivity index (χ4v) is 2.44. The monoisotopic (exact) mass is 218 g/mol. The summed E-state index contributed by atoms with van der Waals surface area (Å²) in [6.45, 7) is 0.155. The van der Waals surface area contributed by atoms with Gasteiger partial charge >= 0.3 is 0 Å². The Morgan fingerprint density at radius 3 is 2.47 bits per heavy atom. The molecule has 0 aliphatic carbocycles. The molecule has 1 nitrogen and oxygen atoms in total. The van der Waals surface area contributed by atoms with Crippen molar-refractivity contribution < 1.29 is 5.11 Å². The Labute approximate surface area is 94.0 Å². The molecule has 0 bridgehead atoms. The van der Waals surface area contributed by atoms with Crippen molar-refractivity contribution in [1.29, 1.82) is 0 Å². The van der Waals surface area contributed by atoms with Crippen molar-refractivity contribution in [2.45, 2.75) is 19.4 Å². The quantitative estimate of drug-likeness (QED) is 0.836. The van der Waals surface area contributed by atoms with E-state index in [9.17, 15) is 0 Å². The highest BCUT2D eigenvalue weighted by Gasteiger charge is 1.99. The molecule has 0 aliphatic heterocycles. The lowest BCUT2D eigenvalue weighted by atomic mass is 10.1. The third kappa shape index (κ3) is 2.91. The van der Waals surface area contributed by atoms with E-state index in [1.54, 1.807) is 11.3 Å². The Balaban J connectivity index is 1.93. The van der Waals surface area contributed by atoms with Gasteiger partial charge in [-0.05, 0) is 35.4 Å². The van der Waals surface area contributed by atoms with Gasteiger partial charge in [-0.25, -0.2) is 0 Å². The predicted octanol–water partition coefficient (Wildman–Crippen LogP) is 3.03. The second kappa shape index (κ2) is 5.10. The first-order valence-corrected chi connectivity index (χ1v) is 5.97. The van der Waals surface area contributed by atoms with E-state index in [-0.39, 0.29) is 6.61 Å². The highest BCUT2D eigenvalue weighted by Crippen LogP contribution is 2.17. The van der Waals surface area contributed by atoms with Gasteiger partial charge in [0.15, 0.2) is 0 Å². The lowest BCUT2D eigenvalue weighted by Gasteiger charge is -1.98. The van der Waals surface area contributed by atoms with Crippen LogP contribution in [0.3, 0.4) is 0 Å². The largest absolute Gasteiger partial charge is 0.392 e. The predicted molar refractivity (Wildman–Crippen MR) is 64.1 cm³/mol. The van der Waals surface area contributed by atoms with Crippen LogP contribution in [0.1, 0.15) is 16.0 Å². The maximum Gasteiger partial charge on any atom is 0.0690 e. The minimum Gasteiger partial charge on any atom is -0.392 e. The standard InChI is InChI=1S/C13H14OS/c14-9-12-8-13(15-10-12)7-6-11-4-2-1-3-5-11/h1-5,8,10,14H,6-7,9H2. The van der Waals surface area contributed by atoms with E-state index >= 15 is 0 Å². The molecular formula is C13H14OS. The normalized spacial score (nSPS) is 10.5. The van der Waals surface area contributed by atoms with Crippen LogP contribution in [0.4, 0.5) is 0 Å². The molecule has 0 aliphatic rings. The van der Waals surface area contributed by atoms with Crippen LogP contribution in [0, 0.1) is 0 Å². The zero-order valence-corrected chi connectivity index (χ0v) is 9.33. The van der Waals surface area contributed by atoms with E-state index in [0.29, 0.717) is 0 Å². The fourth-order valence-electron chi connectivity index (χ4n) is 1.55. The SMILES string of the molecule is OCc1csc(CCc2ccccc2)c1. The summed E-state index contributed by atoms with van der Waals surface area (Å²) in [6, 6.07) is 12.6. The van der Waals surface area contributed by atoms with Crippen molar-refractivity contribution in [2.75, 3.05) is 0 Å². The summed E-state index contributed by atoms with van der Waals surface area (Å²) in [4.78, 5) is 1.35. The fraction of sp³-hybridized carbons (Fsp3) is 0.231. The summed E-state index contributed by atoms with van der Waals surface area (Å²) in [7, 11) is 0. The lowest BCUT2D eigenvalue weighted by molar-refractivity contribution is 0.282. The highest BCUT2D eigenvalue weighted by atomic mass is 32.1. The van der Waals surface area contributed by atoms with Crippen LogP contribution >= 0.6 is 11.3 Å². The Morgan fingerprint density at radius 1 is 1.00 bits per heavy atom. The van der Waals surface area contributed by atoms with Crippen molar-refractivity contribution >= 4 is 11.3 Å². The molecule has 2 rings (SSSR count). The first kappa shape index (κ1) is 10.4. The van der Waals surface area contributed by atoms with Crippen LogP contribution in [0.5, 0.6) is 0 Å². The molecule has 0 spiro atoms. The van der Waals surface area contributed by atoms with Gasteiger partial charge in [0, 0.05) is 4.88 Å². The van der Waals surface area contributed by atoms with E-state index < -0.39 is 0 Å². The average molecular weight is 218 g/mol. The van der Waals surface area contributed by atoms with E-state index in [1.807, 2.05) is 11.4 Å². The van der Waals surface area contributed by atoms with Crippen molar-refractivity contribution in [1.82, 2.24) is 0 Å². The second-order valence-electron chi connectivity index (χ2n) is 3.56. The van der Waals surface area contributed by atoms with E-state index in [4.69, 9.17) is 5.11 Å². The summed E-state index contributed by atoms with van der Waals surface area (Å²) in [5.41, 5.74) is 2.40. The number of hydrogen-bond donors (Lipinski definition) is 1. The Hall–Kier alpha value is -1.12. The van der Waals surface area contributed by atoms with Crippen LogP contribution in [0.15, 0.2) is 41.8 Å². The Morgan fingerprint density at radius 2 is 1.80 bits per heavy atom. The summed E-state index contributed by atoms with van der Waals surface area (Å²) >= 11 is 1.73. The average Bonchev–Trinajstić information content (AvgIpc) is 2.76. The number of aryl methyl sites for hydroxylation is 2. The maximum atomic E-state index is 8.94. The zero-order chi connectivity index (χ0) is 10.5. The third-order valence-electron chi connectivity index (χ3n) is 2.39. The molecule has 1 aromatic heterocycles. The van der Waals surface area contributed by atoms with Gasteiger partial charge in [0.25, 0.3) is 0 Å². The van der Waals surface area contributed by atoms with Gasteiger partial charge in [-0.15, -0.1) is 11.3 Å². The lowest BCUT2D eigenvalue weighted by Crippen LogP contribution is -1.87. The number of benzene rings is 1. The van der Waals surface area contributed by atoms with Crippen LogP contribution in [0.25, 0.3) is 0 Å². The molecule has 0 fully saturated rings. The smallest absolute Gasteiger partial charge is 0.0690 e. The maximum absolute atomic E-state index is 8.94. The molecule has 2 aromatic rings. The van der Waals surface area contributed by atoms with Gasteiger partial charge in [-0.2, -0.15) is 0 Å². The van der Waals surface area contributed by atoms with Crippen LogP contribution in [-0.2, 0) is 19.4 Å². The van der Waals surface area contributed by atoms with Gasteiger partial charge < -0.3 is 5.11 Å². The highest BCUT2D eigenvalue weighted by molar-refractivity contribution is 7.10. The van der Waals surface area contributed by atoms with E-state index in [2.05, 4.69) is 30.3 Å². The molecule has 0 atom stereocenters. The molecule has 2 heteroatoms. The summed E-state index contributed by atoms with van der Waals surface area (Å²) in [5.74, 6) is 0. The first-order chi connectivity index (χ1) is 7.38. The van der Waals surface area contributed by atoms with Crippen LogP contribution in [0.2, 0.25) is 0 Å². The van der Waals surface area contributed by atoms with Crippen molar-refractivity contribution in [3.8, 4) is 0 Å². The minimum absolute atomic E-state index is 0.155. The molecular weight excluding hydrogens is 204 g/mol. The Bertz CT molecular complexity index is 405. The molecule has 0 saturated carbocycles. The van der Waals surface area contributed by atoms with E-state index in [1.165, 1.54) is 10.4 Å². The molecule has 1 heterocycles. The molecule has 15 heavy (non-hydrogen) atoms. The van der Waals surface area contributed by atoms with E-state index in [0.717, 1.165) is 18.4 Å². The third-order valence-corrected chi connectivity index (χ3v) is 3.44. The van der Waals surface area contributed by atoms with Gasteiger partial charge in [0.1, 0.15) is 0 Å². The number of thiophene rings is 1. The molecule has 78 valence electrons. The first-order valence-electron chi connectivity index (χ1n) is 5.09. The van der Waals surface area contributed by atoms with Crippen molar-refractivity contribution in [2.24, 2.45) is 0 Å². The van der Waals surface area contributed by atoms with Crippen LogP contribution < -0.4 is 0 Å². The molecule has 0 unspecified atom stereocenters. The summed E-state index contributed by atoms with van der Waals surface area (Å²) < 4.78 is 0. The molecule has 0 radical (unpaired) electrons. The van der Waals surface area contributed by atoms with Gasteiger partial charge in [-0.3, -0.25) is 0 Å². The second-order valence-corrected chi connectivity index (χ2v) is 4.56. The zero-order valence-electron chi connectivity index (χ0n) is 8.52. The number of aliphatic hydroxyl groups excluding tert-OH is 1. The molecule has 0 saturated heterocycles. The van der Waals surface area contributed by atoms with Crippen molar-refractivity contribution in [3.05, 3.63) is 57.8 Å². The molecule has 1 N–H and O–H groups in total.